The Morgan fingerprint density at radius 3 is 3.04 bits per heavy atom. The minimum Gasteiger partial charge on any atom is -0.494 e. The summed E-state index contributed by atoms with van der Waals surface area (Å²) >= 11 is 2.79. The molecule has 5 nitrogen and oxygen atoms in total. The summed E-state index contributed by atoms with van der Waals surface area (Å²) < 4.78 is 5.38. The van der Waals surface area contributed by atoms with Crippen molar-refractivity contribution in [2.45, 2.75) is 11.9 Å². The van der Waals surface area contributed by atoms with Crippen molar-refractivity contribution in [1.82, 2.24) is 9.97 Å². The lowest BCUT2D eigenvalue weighted by molar-refractivity contribution is -0.113. The van der Waals surface area contributed by atoms with E-state index in [9.17, 15) is 4.79 Å². The van der Waals surface area contributed by atoms with Crippen molar-refractivity contribution in [3.05, 3.63) is 41.4 Å². The fourth-order valence-corrected chi connectivity index (χ4v) is 3.49. The Morgan fingerprint density at radius 2 is 2.30 bits per heavy atom. The lowest BCUT2D eigenvalue weighted by atomic mass is 10.1. The SMILES string of the molecule is COc1cccc2c(C)cc(SCC(=O)Nc3nccs3)nc12. The van der Waals surface area contributed by atoms with Crippen LogP contribution in [0.15, 0.2) is 40.9 Å². The zero-order valence-corrected chi connectivity index (χ0v) is 14.3. The highest BCUT2D eigenvalue weighted by Crippen LogP contribution is 2.29. The maximum absolute atomic E-state index is 11.9. The first-order valence-electron chi connectivity index (χ1n) is 6.94. The number of benzene rings is 1. The fraction of sp³-hybridized carbons (Fsp3) is 0.188. The van der Waals surface area contributed by atoms with Crippen LogP contribution in [0.1, 0.15) is 5.56 Å². The van der Waals surface area contributed by atoms with Crippen LogP contribution in [0.4, 0.5) is 5.13 Å². The molecular formula is C16H15N3O2S2. The van der Waals surface area contributed by atoms with Gasteiger partial charge in [-0.1, -0.05) is 23.9 Å². The third-order valence-electron chi connectivity index (χ3n) is 3.24. The van der Waals surface area contributed by atoms with Gasteiger partial charge < -0.3 is 10.1 Å². The molecule has 1 N–H and O–H groups in total. The lowest BCUT2D eigenvalue weighted by Gasteiger charge is -2.09. The summed E-state index contributed by atoms with van der Waals surface area (Å²) in [6, 6.07) is 7.84. The van der Waals surface area contributed by atoms with E-state index in [0.29, 0.717) is 5.13 Å². The molecule has 0 aliphatic heterocycles. The minimum absolute atomic E-state index is 0.0930. The largest absolute Gasteiger partial charge is 0.494 e. The first-order chi connectivity index (χ1) is 11.2. The molecule has 118 valence electrons. The molecule has 7 heteroatoms. The maximum atomic E-state index is 11.9. The van der Waals surface area contributed by atoms with Gasteiger partial charge in [-0.3, -0.25) is 4.79 Å². The van der Waals surface area contributed by atoms with Crippen LogP contribution in [-0.4, -0.2) is 28.7 Å². The number of nitrogens with one attached hydrogen (secondary N) is 1. The first-order valence-corrected chi connectivity index (χ1v) is 8.80. The van der Waals surface area contributed by atoms with E-state index in [-0.39, 0.29) is 11.7 Å². The number of pyridine rings is 1. The third kappa shape index (κ3) is 3.62. The molecule has 0 fully saturated rings. The van der Waals surface area contributed by atoms with Crippen molar-refractivity contribution >= 4 is 45.0 Å². The van der Waals surface area contributed by atoms with Crippen molar-refractivity contribution in [2.24, 2.45) is 0 Å². The smallest absolute Gasteiger partial charge is 0.236 e. The minimum atomic E-state index is -0.0930. The second-order valence-corrected chi connectivity index (χ2v) is 6.70. The Hall–Kier alpha value is -2.12. The van der Waals surface area contributed by atoms with Gasteiger partial charge in [0.25, 0.3) is 0 Å². The van der Waals surface area contributed by atoms with Gasteiger partial charge in [0, 0.05) is 17.0 Å². The summed E-state index contributed by atoms with van der Waals surface area (Å²) in [5.74, 6) is 0.928. The first kappa shape index (κ1) is 15.8. The van der Waals surface area contributed by atoms with Crippen molar-refractivity contribution in [3.63, 3.8) is 0 Å². The van der Waals surface area contributed by atoms with Gasteiger partial charge in [-0.25, -0.2) is 9.97 Å². The van der Waals surface area contributed by atoms with E-state index in [1.54, 1.807) is 13.3 Å². The van der Waals surface area contributed by atoms with Crippen molar-refractivity contribution in [1.29, 1.82) is 0 Å². The molecule has 2 aromatic heterocycles. The van der Waals surface area contributed by atoms with E-state index in [1.807, 2.05) is 36.6 Å². The average Bonchev–Trinajstić information content (AvgIpc) is 3.05. The summed E-state index contributed by atoms with van der Waals surface area (Å²) in [5.41, 5.74) is 1.93. The molecule has 0 aliphatic carbocycles. The van der Waals surface area contributed by atoms with E-state index < -0.39 is 0 Å². The van der Waals surface area contributed by atoms with Crippen LogP contribution in [0.5, 0.6) is 5.75 Å². The quantitative estimate of drug-likeness (QED) is 0.714. The number of thioether (sulfide) groups is 1. The van der Waals surface area contributed by atoms with Gasteiger partial charge in [0.2, 0.25) is 5.91 Å². The van der Waals surface area contributed by atoms with Crippen LogP contribution in [0.2, 0.25) is 0 Å². The number of aryl methyl sites for hydroxylation is 1. The van der Waals surface area contributed by atoms with Gasteiger partial charge in [-0.05, 0) is 24.6 Å². The van der Waals surface area contributed by atoms with Gasteiger partial charge in [0.05, 0.1) is 17.9 Å². The Labute approximate surface area is 142 Å². The van der Waals surface area contributed by atoms with E-state index in [4.69, 9.17) is 4.74 Å². The molecule has 2 heterocycles. The number of amides is 1. The second-order valence-electron chi connectivity index (χ2n) is 4.81. The highest BCUT2D eigenvalue weighted by molar-refractivity contribution is 7.99. The summed E-state index contributed by atoms with van der Waals surface area (Å²) in [7, 11) is 1.63. The number of fused-ring (bicyclic) bond motifs is 1. The molecule has 0 saturated carbocycles. The van der Waals surface area contributed by atoms with Crippen LogP contribution in [0, 0.1) is 6.92 Å². The van der Waals surface area contributed by atoms with E-state index in [2.05, 4.69) is 15.3 Å². The highest BCUT2D eigenvalue weighted by Gasteiger charge is 2.10. The number of nitrogens with zero attached hydrogens (tertiary/aromatic N) is 2. The molecule has 0 bridgehead atoms. The molecule has 0 aliphatic rings. The van der Waals surface area contributed by atoms with E-state index in [0.717, 1.165) is 27.2 Å². The number of ether oxygens (including phenoxy) is 1. The number of hydrogen-bond donors (Lipinski definition) is 1. The Bertz CT molecular complexity index is 835. The summed E-state index contributed by atoms with van der Waals surface area (Å²) in [4.78, 5) is 20.6. The average molecular weight is 345 g/mol. The second kappa shape index (κ2) is 6.97. The topological polar surface area (TPSA) is 64.1 Å². The molecule has 0 spiro atoms. The fourth-order valence-electron chi connectivity index (χ4n) is 2.18. The zero-order chi connectivity index (χ0) is 16.2. The van der Waals surface area contributed by atoms with Crippen LogP contribution in [-0.2, 0) is 4.79 Å². The Morgan fingerprint density at radius 1 is 1.43 bits per heavy atom. The lowest BCUT2D eigenvalue weighted by Crippen LogP contribution is -2.13. The number of hydrogen-bond acceptors (Lipinski definition) is 6. The molecule has 0 atom stereocenters. The Kier molecular flexibility index (Phi) is 4.78. The summed E-state index contributed by atoms with van der Waals surface area (Å²) in [6.45, 7) is 2.03. The van der Waals surface area contributed by atoms with Crippen molar-refractivity contribution < 1.29 is 9.53 Å². The number of thiazole rings is 1. The molecule has 3 rings (SSSR count). The number of para-hydroxylation sites is 1. The number of anilines is 1. The third-order valence-corrected chi connectivity index (χ3v) is 4.84. The number of methoxy groups -OCH3 is 1. The van der Waals surface area contributed by atoms with E-state index >= 15 is 0 Å². The molecule has 1 aromatic carbocycles. The number of rotatable bonds is 5. The predicted octanol–water partition coefficient (Wildman–Crippen LogP) is 3.74. The van der Waals surface area contributed by atoms with Gasteiger partial charge >= 0.3 is 0 Å². The molecule has 1 amide bonds. The van der Waals surface area contributed by atoms with Crippen LogP contribution < -0.4 is 10.1 Å². The normalized spacial score (nSPS) is 10.7. The van der Waals surface area contributed by atoms with Crippen molar-refractivity contribution in [3.8, 4) is 5.75 Å². The van der Waals surface area contributed by atoms with Crippen LogP contribution in [0.3, 0.4) is 0 Å². The standard InChI is InChI=1S/C16H15N3O2S2/c1-10-8-14(19-15-11(10)4-3-5-12(15)21-2)23-9-13(20)18-16-17-6-7-22-16/h3-8H,9H2,1-2H3,(H,17,18,20). The molecule has 3 aromatic rings. The van der Waals surface area contributed by atoms with Gasteiger partial charge in [0.1, 0.15) is 11.3 Å². The monoisotopic (exact) mass is 345 g/mol. The van der Waals surface area contributed by atoms with Gasteiger partial charge in [-0.15, -0.1) is 11.3 Å². The number of aromatic nitrogens is 2. The van der Waals surface area contributed by atoms with E-state index in [1.165, 1.54) is 23.1 Å². The van der Waals surface area contributed by atoms with Gasteiger partial charge in [0.15, 0.2) is 5.13 Å². The maximum Gasteiger partial charge on any atom is 0.236 e. The van der Waals surface area contributed by atoms with Gasteiger partial charge in [-0.2, -0.15) is 0 Å². The number of carbonyl (C=O) groups is 1. The molecule has 0 unspecified atom stereocenters. The summed E-state index contributed by atoms with van der Waals surface area (Å²) in [6.07, 6.45) is 1.66. The molecular weight excluding hydrogens is 330 g/mol. The molecule has 0 radical (unpaired) electrons. The number of carbonyl (C=O) groups excluding carboxylic acids is 1. The molecule has 23 heavy (non-hydrogen) atoms. The summed E-state index contributed by atoms with van der Waals surface area (Å²) in [5, 5.41) is 7.05. The van der Waals surface area contributed by atoms with Crippen LogP contribution >= 0.6 is 23.1 Å². The van der Waals surface area contributed by atoms with Crippen LogP contribution in [0.25, 0.3) is 10.9 Å². The predicted molar refractivity (Wildman–Crippen MR) is 94.5 cm³/mol. The highest BCUT2D eigenvalue weighted by atomic mass is 32.2. The zero-order valence-electron chi connectivity index (χ0n) is 12.7. The molecule has 0 saturated heterocycles. The Balaban J connectivity index is 1.76. The van der Waals surface area contributed by atoms with Crippen molar-refractivity contribution in [2.75, 3.05) is 18.2 Å².